The van der Waals surface area contributed by atoms with E-state index in [1.165, 1.54) is 16.2 Å². The van der Waals surface area contributed by atoms with Crippen LogP contribution in [-0.4, -0.2) is 40.0 Å². The fourth-order valence-electron chi connectivity index (χ4n) is 4.11. The van der Waals surface area contributed by atoms with Crippen molar-refractivity contribution in [1.29, 1.82) is 0 Å². The van der Waals surface area contributed by atoms with Gasteiger partial charge in [0.15, 0.2) is 0 Å². The highest BCUT2D eigenvalue weighted by atomic mass is 32.1. The number of carbonyl (C=O) groups is 2. The molecule has 0 unspecified atom stereocenters. The number of ether oxygens (including phenoxy) is 1. The third-order valence-electron chi connectivity index (χ3n) is 5.99. The van der Waals surface area contributed by atoms with Gasteiger partial charge in [-0.25, -0.2) is 4.98 Å². The van der Waals surface area contributed by atoms with Gasteiger partial charge in [0.05, 0.1) is 17.2 Å². The summed E-state index contributed by atoms with van der Waals surface area (Å²) in [6.07, 6.45) is 0.570. The van der Waals surface area contributed by atoms with Crippen molar-refractivity contribution in [2.45, 2.75) is 19.9 Å². The molecule has 0 saturated heterocycles. The van der Waals surface area contributed by atoms with Crippen molar-refractivity contribution in [3.8, 4) is 27.0 Å². The Kier molecular flexibility index (Phi) is 8.19. The van der Waals surface area contributed by atoms with E-state index in [0.717, 1.165) is 32.3 Å². The molecule has 0 aliphatic heterocycles. The molecule has 5 rings (SSSR count). The third-order valence-corrected chi connectivity index (χ3v) is 8.13. The molecule has 0 atom stereocenters. The van der Waals surface area contributed by atoms with Crippen LogP contribution in [0.1, 0.15) is 26.7 Å². The Balaban J connectivity index is 1.23. The molecule has 39 heavy (non-hydrogen) atoms. The van der Waals surface area contributed by atoms with Gasteiger partial charge in [-0.1, -0.05) is 36.4 Å². The fourth-order valence-corrected chi connectivity index (χ4v) is 5.91. The zero-order chi connectivity index (χ0) is 27.2. The zero-order valence-corrected chi connectivity index (χ0v) is 22.8. The Bertz CT molecular complexity index is 1560. The van der Waals surface area contributed by atoms with Crippen molar-refractivity contribution in [2.24, 2.45) is 0 Å². The number of hydrogen-bond acceptors (Lipinski definition) is 7. The molecule has 0 saturated carbocycles. The molecule has 3 aromatic heterocycles. The first-order chi connectivity index (χ1) is 19.0. The molecule has 0 radical (unpaired) electrons. The van der Waals surface area contributed by atoms with Gasteiger partial charge in [0.2, 0.25) is 5.89 Å². The summed E-state index contributed by atoms with van der Waals surface area (Å²) in [5.74, 6) is 0.595. The number of carboxylic acids is 1. The van der Waals surface area contributed by atoms with Crippen LogP contribution in [0.4, 0.5) is 0 Å². The summed E-state index contributed by atoms with van der Waals surface area (Å²) in [6.45, 7) is 2.03. The summed E-state index contributed by atoms with van der Waals surface area (Å²) < 4.78 is 11.8. The highest BCUT2D eigenvalue weighted by Gasteiger charge is 2.21. The van der Waals surface area contributed by atoms with E-state index in [9.17, 15) is 14.7 Å². The number of amides is 1. The summed E-state index contributed by atoms with van der Waals surface area (Å²) in [5.41, 5.74) is 2.54. The van der Waals surface area contributed by atoms with E-state index in [1.54, 1.807) is 17.4 Å². The molecular weight excluding hydrogens is 532 g/mol. The van der Waals surface area contributed by atoms with Crippen LogP contribution < -0.4 is 4.74 Å². The lowest BCUT2D eigenvalue weighted by Crippen LogP contribution is -2.34. The monoisotopic (exact) mass is 558 g/mol. The molecule has 1 N–H and O–H groups in total. The Morgan fingerprint density at radius 2 is 1.85 bits per heavy atom. The fraction of sp³-hybridized carbons (Fsp3) is 0.167. The number of aliphatic carboxylic acids is 1. The van der Waals surface area contributed by atoms with Crippen LogP contribution in [0.25, 0.3) is 21.2 Å². The maximum absolute atomic E-state index is 13.2. The zero-order valence-electron chi connectivity index (χ0n) is 21.2. The SMILES string of the molecule is Cc1oc(-c2ccccc2)nc1CCOc1cccc(CN(CC(=O)O)C(=O)c2ccc(-c3cccs3)s2)c1. The van der Waals surface area contributed by atoms with Gasteiger partial charge < -0.3 is 19.2 Å². The molecule has 0 bridgehead atoms. The van der Waals surface area contributed by atoms with Gasteiger partial charge in [0.1, 0.15) is 18.1 Å². The van der Waals surface area contributed by atoms with Crippen molar-refractivity contribution in [3.63, 3.8) is 0 Å². The number of benzene rings is 2. The standard InChI is InChI=1S/C30H26N2O5S2/c1-20-24(31-29(37-20)22-8-3-2-4-9-22)14-15-36-23-10-5-7-21(17-23)18-32(19-28(33)34)30(35)27-13-12-26(39-27)25-11-6-16-38-25/h2-13,16-17H,14-15,18-19H2,1H3,(H,33,34). The van der Waals surface area contributed by atoms with Crippen molar-refractivity contribution in [1.82, 2.24) is 9.88 Å². The molecule has 0 aliphatic carbocycles. The summed E-state index contributed by atoms with van der Waals surface area (Å²) in [7, 11) is 0. The van der Waals surface area contributed by atoms with Crippen LogP contribution in [0.15, 0.2) is 88.7 Å². The van der Waals surface area contributed by atoms with Crippen LogP contribution in [-0.2, 0) is 17.8 Å². The lowest BCUT2D eigenvalue weighted by atomic mass is 10.2. The van der Waals surface area contributed by atoms with Crippen LogP contribution in [0.3, 0.4) is 0 Å². The minimum Gasteiger partial charge on any atom is -0.493 e. The van der Waals surface area contributed by atoms with Gasteiger partial charge in [0, 0.05) is 28.3 Å². The maximum atomic E-state index is 13.2. The average molecular weight is 559 g/mol. The number of nitrogens with zero attached hydrogens (tertiary/aromatic N) is 2. The van der Waals surface area contributed by atoms with E-state index in [4.69, 9.17) is 9.15 Å². The predicted octanol–water partition coefficient (Wildman–Crippen LogP) is 6.79. The quantitative estimate of drug-likeness (QED) is 0.192. The number of oxazole rings is 1. The van der Waals surface area contributed by atoms with Gasteiger partial charge in [-0.05, 0) is 60.3 Å². The predicted molar refractivity (Wildman–Crippen MR) is 152 cm³/mol. The van der Waals surface area contributed by atoms with E-state index in [2.05, 4.69) is 4.98 Å². The number of thiophene rings is 2. The molecule has 7 nitrogen and oxygen atoms in total. The molecule has 1 amide bonds. The van der Waals surface area contributed by atoms with Crippen LogP contribution >= 0.6 is 22.7 Å². The maximum Gasteiger partial charge on any atom is 0.323 e. The number of carbonyl (C=O) groups excluding carboxylic acids is 1. The average Bonchev–Trinajstić information content (AvgIpc) is 3.70. The number of aromatic nitrogens is 1. The van der Waals surface area contributed by atoms with Gasteiger partial charge in [-0.2, -0.15) is 0 Å². The number of carboxylic acid groups (broad SMARTS) is 1. The molecular formula is C30H26N2O5S2. The summed E-state index contributed by atoms with van der Waals surface area (Å²) in [5, 5.41) is 11.4. The van der Waals surface area contributed by atoms with Gasteiger partial charge in [-0.3, -0.25) is 9.59 Å². The highest BCUT2D eigenvalue weighted by Crippen LogP contribution is 2.32. The van der Waals surface area contributed by atoms with Gasteiger partial charge >= 0.3 is 5.97 Å². The molecule has 0 fully saturated rings. The van der Waals surface area contributed by atoms with Gasteiger partial charge in [0.25, 0.3) is 5.91 Å². The van der Waals surface area contributed by atoms with Crippen LogP contribution in [0.2, 0.25) is 0 Å². The van der Waals surface area contributed by atoms with Crippen LogP contribution in [0, 0.1) is 6.92 Å². The van der Waals surface area contributed by atoms with Gasteiger partial charge in [-0.15, -0.1) is 22.7 Å². The molecule has 0 spiro atoms. The van der Waals surface area contributed by atoms with Crippen molar-refractivity contribution >= 4 is 34.6 Å². The Hall–Kier alpha value is -4.21. The molecule has 9 heteroatoms. The summed E-state index contributed by atoms with van der Waals surface area (Å²) in [6, 6.07) is 24.7. The molecule has 0 aliphatic rings. The number of hydrogen-bond donors (Lipinski definition) is 1. The minimum absolute atomic E-state index is 0.150. The Morgan fingerprint density at radius 3 is 2.62 bits per heavy atom. The first kappa shape index (κ1) is 26.4. The Labute approximate surface area is 233 Å². The lowest BCUT2D eigenvalue weighted by molar-refractivity contribution is -0.137. The Morgan fingerprint density at radius 1 is 1.00 bits per heavy atom. The van der Waals surface area contributed by atoms with E-state index in [1.807, 2.05) is 85.1 Å². The largest absolute Gasteiger partial charge is 0.493 e. The number of rotatable bonds is 11. The van der Waals surface area contributed by atoms with Crippen molar-refractivity contribution < 1.29 is 23.8 Å². The highest BCUT2D eigenvalue weighted by molar-refractivity contribution is 7.22. The molecule has 5 aromatic rings. The smallest absolute Gasteiger partial charge is 0.323 e. The molecule has 3 heterocycles. The van der Waals surface area contributed by atoms with Crippen LogP contribution in [0.5, 0.6) is 5.75 Å². The topological polar surface area (TPSA) is 92.9 Å². The summed E-state index contributed by atoms with van der Waals surface area (Å²) >= 11 is 2.96. The normalized spacial score (nSPS) is 10.9. The third kappa shape index (κ3) is 6.63. The molecule has 2 aromatic carbocycles. The van der Waals surface area contributed by atoms with E-state index in [0.29, 0.717) is 29.5 Å². The first-order valence-corrected chi connectivity index (χ1v) is 14.0. The first-order valence-electron chi connectivity index (χ1n) is 12.3. The van der Waals surface area contributed by atoms with E-state index < -0.39 is 12.5 Å². The number of aryl methyl sites for hydroxylation is 1. The van der Waals surface area contributed by atoms with E-state index >= 15 is 0 Å². The second kappa shape index (κ2) is 12.1. The summed E-state index contributed by atoms with van der Waals surface area (Å²) in [4.78, 5) is 33.3. The minimum atomic E-state index is -1.07. The second-order valence-electron chi connectivity index (χ2n) is 8.83. The second-order valence-corrected chi connectivity index (χ2v) is 10.9. The van der Waals surface area contributed by atoms with E-state index in [-0.39, 0.29) is 12.5 Å². The van der Waals surface area contributed by atoms with Crippen molar-refractivity contribution in [2.75, 3.05) is 13.2 Å². The van der Waals surface area contributed by atoms with Crippen molar-refractivity contribution in [3.05, 3.63) is 106 Å². The molecule has 198 valence electrons. The lowest BCUT2D eigenvalue weighted by Gasteiger charge is -2.20.